The number of nitrogens with zero attached hydrogens (tertiary/aromatic N) is 4. The van der Waals surface area contributed by atoms with Crippen LogP contribution in [0.15, 0.2) is 84.9 Å². The number of benzene rings is 4. The molecule has 0 saturated carbocycles. The quantitative estimate of drug-likeness (QED) is 0.0719. The Morgan fingerprint density at radius 2 is 1.49 bits per heavy atom. The second-order valence-corrected chi connectivity index (χ2v) is 18.2. The zero-order valence-corrected chi connectivity index (χ0v) is 36.0. The number of nitrogens with one attached hydrogen (secondary N) is 1. The van der Waals surface area contributed by atoms with Crippen LogP contribution < -0.4 is 15.5 Å². The second-order valence-electron chi connectivity index (χ2n) is 17.2. The van der Waals surface area contributed by atoms with Gasteiger partial charge in [0.05, 0.1) is 0 Å². The van der Waals surface area contributed by atoms with Gasteiger partial charge in [-0.25, -0.2) is 0 Å². The van der Waals surface area contributed by atoms with Crippen molar-refractivity contribution in [2.24, 2.45) is 0 Å². The van der Waals surface area contributed by atoms with E-state index in [-0.39, 0.29) is 35.7 Å². The Labute approximate surface area is 371 Å². The summed E-state index contributed by atoms with van der Waals surface area (Å²) < 4.78 is 6.90. The molecule has 0 spiro atoms. The maximum atomic E-state index is 14.0. The van der Waals surface area contributed by atoms with Crippen molar-refractivity contribution in [3.63, 3.8) is 0 Å². The standard InChI is InChI=1S/C48H52BN5O8S/c55-37-9-13-40-42(29-37)63-46(33-2-7-36(8-3-33)49(60)61)44(40)45(57)32-4-10-38(11-5-32)62-27-26-53-24-22-52(23-25-53)19-1-18-51-20-16-31(17-21-51)34-6-12-39-35(28-34)30-54(48(39)59)41-14-15-43(56)50-47(41)58/h2-13,28-29,31,41,55,60-61H,1,14-27,30H2,(H,50,56,58). The van der Waals surface area contributed by atoms with Crippen LogP contribution >= 0.6 is 11.3 Å². The molecule has 9 rings (SSSR count). The molecular formula is C48H52BN5O8S. The molecule has 63 heavy (non-hydrogen) atoms. The van der Waals surface area contributed by atoms with E-state index in [0.717, 1.165) is 104 Å². The first-order valence-corrected chi connectivity index (χ1v) is 22.8. The Balaban J connectivity index is 0.687. The molecule has 0 radical (unpaired) electrons. The van der Waals surface area contributed by atoms with Gasteiger partial charge in [-0.15, -0.1) is 11.3 Å². The minimum absolute atomic E-state index is 0.121. The molecule has 4 aromatic carbocycles. The first-order valence-electron chi connectivity index (χ1n) is 22.0. The molecule has 15 heteroatoms. The zero-order chi connectivity index (χ0) is 43.6. The third kappa shape index (κ3) is 9.45. The van der Waals surface area contributed by atoms with Gasteiger partial charge in [-0.1, -0.05) is 36.4 Å². The van der Waals surface area contributed by atoms with E-state index in [1.54, 1.807) is 59.5 Å². The summed E-state index contributed by atoms with van der Waals surface area (Å²) in [4.78, 5) is 61.2. The van der Waals surface area contributed by atoms with E-state index in [0.29, 0.717) is 53.4 Å². The number of hydrogen-bond acceptors (Lipinski definition) is 12. The molecule has 326 valence electrons. The Bertz CT molecular complexity index is 2500. The van der Waals surface area contributed by atoms with Gasteiger partial charge in [0.15, 0.2) is 5.78 Å². The van der Waals surface area contributed by atoms with E-state index in [4.69, 9.17) is 4.74 Å². The summed E-state index contributed by atoms with van der Waals surface area (Å²) in [7, 11) is -1.58. The normalized spacial score (nSPS) is 19.1. The van der Waals surface area contributed by atoms with Crippen molar-refractivity contribution in [1.82, 2.24) is 24.9 Å². The van der Waals surface area contributed by atoms with Crippen LogP contribution in [0.25, 0.3) is 20.5 Å². The molecule has 0 bridgehead atoms. The van der Waals surface area contributed by atoms with E-state index >= 15 is 0 Å². The highest BCUT2D eigenvalue weighted by atomic mass is 32.1. The SMILES string of the molecule is O=C1CCC(N2Cc3cc(C4CCN(CCCN5CCN(CCOc6ccc(C(=O)c7c(-c8ccc(B(O)O)cc8)sc8cc(O)ccc78)cc6)CC5)CC4)ccc3C2=O)C(=O)N1. The number of rotatable bonds is 14. The number of thiophene rings is 1. The lowest BCUT2D eigenvalue weighted by Gasteiger charge is -2.36. The number of aromatic hydroxyl groups is 1. The van der Waals surface area contributed by atoms with Gasteiger partial charge in [0.2, 0.25) is 11.8 Å². The summed E-state index contributed by atoms with van der Waals surface area (Å²) in [5, 5.41) is 32.4. The molecule has 3 amide bonds. The highest BCUT2D eigenvalue weighted by Gasteiger charge is 2.39. The Morgan fingerprint density at radius 3 is 2.19 bits per heavy atom. The van der Waals surface area contributed by atoms with Gasteiger partial charge in [-0.3, -0.25) is 29.4 Å². The fraction of sp³-hybridized carbons (Fsp3) is 0.375. The maximum Gasteiger partial charge on any atom is 0.488 e. The van der Waals surface area contributed by atoms with E-state index in [1.165, 1.54) is 16.9 Å². The smallest absolute Gasteiger partial charge is 0.488 e. The number of imide groups is 1. The van der Waals surface area contributed by atoms with Crippen LogP contribution in [-0.2, 0) is 16.1 Å². The van der Waals surface area contributed by atoms with Crippen molar-refractivity contribution >= 4 is 57.5 Å². The third-order valence-corrected chi connectivity index (χ3v) is 14.4. The number of carbonyl (C=O) groups excluding carboxylic acids is 4. The van der Waals surface area contributed by atoms with Gasteiger partial charge in [-0.2, -0.15) is 0 Å². The Hall–Kier alpha value is -5.42. The number of phenolic OH excluding ortho intramolecular Hbond substituents is 1. The zero-order valence-electron chi connectivity index (χ0n) is 35.2. The fourth-order valence-electron chi connectivity index (χ4n) is 9.55. The number of phenols is 1. The summed E-state index contributed by atoms with van der Waals surface area (Å²) in [6.07, 6.45) is 3.94. The average Bonchev–Trinajstić information content (AvgIpc) is 3.83. The lowest BCUT2D eigenvalue weighted by Crippen LogP contribution is -2.52. The lowest BCUT2D eigenvalue weighted by atomic mass is 9.80. The number of carbonyl (C=O) groups is 4. The van der Waals surface area contributed by atoms with Crippen LogP contribution in [0.2, 0.25) is 0 Å². The van der Waals surface area contributed by atoms with E-state index in [9.17, 15) is 34.3 Å². The number of hydrogen-bond donors (Lipinski definition) is 4. The van der Waals surface area contributed by atoms with Crippen molar-refractivity contribution < 1.29 is 39.1 Å². The molecule has 13 nitrogen and oxygen atoms in total. The number of amides is 3. The van der Waals surface area contributed by atoms with Gasteiger partial charge < -0.3 is 34.6 Å². The van der Waals surface area contributed by atoms with Crippen LogP contribution in [0.3, 0.4) is 0 Å². The molecule has 3 fully saturated rings. The topological polar surface area (TPSA) is 163 Å². The van der Waals surface area contributed by atoms with E-state index in [1.807, 2.05) is 18.2 Å². The van der Waals surface area contributed by atoms with Crippen LogP contribution in [0.4, 0.5) is 0 Å². The van der Waals surface area contributed by atoms with E-state index < -0.39 is 13.2 Å². The van der Waals surface area contributed by atoms with Crippen LogP contribution in [0.5, 0.6) is 11.5 Å². The summed E-state index contributed by atoms with van der Waals surface area (Å²) in [5.74, 6) is 0.367. The molecule has 1 unspecified atom stereocenters. The monoisotopic (exact) mass is 869 g/mol. The third-order valence-electron chi connectivity index (χ3n) is 13.2. The fourth-order valence-corrected chi connectivity index (χ4v) is 10.8. The number of ketones is 1. The summed E-state index contributed by atoms with van der Waals surface area (Å²) >= 11 is 1.41. The number of fused-ring (bicyclic) bond motifs is 2. The number of ether oxygens (including phenoxy) is 1. The van der Waals surface area contributed by atoms with Crippen LogP contribution in [0, 0.1) is 0 Å². The highest BCUT2D eigenvalue weighted by Crippen LogP contribution is 2.41. The first-order chi connectivity index (χ1) is 30.6. The number of piperidine rings is 2. The molecule has 5 heterocycles. The van der Waals surface area contributed by atoms with Crippen LogP contribution in [-0.4, -0.2) is 137 Å². The molecule has 1 aromatic heterocycles. The molecule has 1 atom stereocenters. The molecular weight excluding hydrogens is 817 g/mol. The predicted molar refractivity (Wildman–Crippen MR) is 243 cm³/mol. The minimum Gasteiger partial charge on any atom is -0.508 e. The maximum absolute atomic E-state index is 14.0. The molecule has 4 aliphatic rings. The van der Waals surface area contributed by atoms with Crippen molar-refractivity contribution in [3.8, 4) is 21.9 Å². The second kappa shape index (κ2) is 18.7. The Kier molecular flexibility index (Phi) is 12.8. The summed E-state index contributed by atoms with van der Waals surface area (Å²) in [6, 6.07) is 24.6. The molecule has 4 N–H and O–H groups in total. The minimum atomic E-state index is -1.58. The largest absolute Gasteiger partial charge is 0.508 e. The van der Waals surface area contributed by atoms with Gasteiger partial charge in [0.1, 0.15) is 24.1 Å². The average molecular weight is 870 g/mol. The van der Waals surface area contributed by atoms with Crippen molar-refractivity contribution in [3.05, 3.63) is 113 Å². The van der Waals surface area contributed by atoms with Gasteiger partial charge in [0.25, 0.3) is 5.91 Å². The first kappa shape index (κ1) is 42.9. The summed E-state index contributed by atoms with van der Waals surface area (Å²) in [5.41, 5.74) is 5.12. The van der Waals surface area contributed by atoms with Crippen molar-refractivity contribution in [2.45, 2.75) is 50.6 Å². The van der Waals surface area contributed by atoms with Gasteiger partial charge in [-0.05, 0) is 128 Å². The van der Waals surface area contributed by atoms with E-state index in [2.05, 4.69) is 32.1 Å². The predicted octanol–water partition coefficient (Wildman–Crippen LogP) is 4.21. The van der Waals surface area contributed by atoms with Gasteiger partial charge >= 0.3 is 7.12 Å². The molecule has 4 aliphatic heterocycles. The van der Waals surface area contributed by atoms with Gasteiger partial charge in [0, 0.05) is 77.3 Å². The number of likely N-dealkylation sites (tertiary alicyclic amines) is 1. The molecule has 0 aliphatic carbocycles. The van der Waals surface area contributed by atoms with Crippen molar-refractivity contribution in [1.29, 1.82) is 0 Å². The van der Waals surface area contributed by atoms with Crippen LogP contribution in [0.1, 0.15) is 75.4 Å². The van der Waals surface area contributed by atoms with Crippen molar-refractivity contribution in [2.75, 3.05) is 65.5 Å². The Morgan fingerprint density at radius 1 is 0.794 bits per heavy atom. The molecule has 3 saturated heterocycles. The molecule has 5 aromatic rings. The summed E-state index contributed by atoms with van der Waals surface area (Å²) in [6.45, 7) is 10.2. The number of piperazine rings is 1. The lowest BCUT2D eigenvalue weighted by molar-refractivity contribution is -0.136. The highest BCUT2D eigenvalue weighted by molar-refractivity contribution is 7.22.